The summed E-state index contributed by atoms with van der Waals surface area (Å²) in [5.41, 5.74) is 2.13. The Morgan fingerprint density at radius 1 is 0.767 bits per heavy atom. The normalized spacial score (nSPS) is 10.0. The van der Waals surface area contributed by atoms with Crippen LogP contribution in [0.3, 0.4) is 0 Å². The lowest BCUT2D eigenvalue weighted by Gasteiger charge is -2.12. The number of hydrogen-bond acceptors (Lipinski definition) is 4. The van der Waals surface area contributed by atoms with Crippen LogP contribution in [0.5, 0.6) is 5.75 Å². The summed E-state index contributed by atoms with van der Waals surface area (Å²) in [6, 6.07) is 25.5. The molecule has 3 N–H and O–H groups in total. The zero-order chi connectivity index (χ0) is 21.2. The van der Waals surface area contributed by atoms with Crippen LogP contribution in [0.4, 0.5) is 11.4 Å². The number of benzene rings is 3. The second kappa shape index (κ2) is 10.7. The fourth-order valence-electron chi connectivity index (χ4n) is 2.65. The maximum atomic E-state index is 12.1. The zero-order valence-corrected chi connectivity index (χ0v) is 16.9. The predicted molar refractivity (Wildman–Crippen MR) is 122 cm³/mol. The molecule has 3 aromatic carbocycles. The monoisotopic (exact) mass is 419 g/mol. The van der Waals surface area contributed by atoms with E-state index >= 15 is 0 Å². The summed E-state index contributed by atoms with van der Waals surface area (Å²) in [5.74, 6) is 0.135. The van der Waals surface area contributed by atoms with Crippen molar-refractivity contribution >= 4 is 40.5 Å². The third-order valence-electron chi connectivity index (χ3n) is 3.98. The molecule has 0 saturated carbocycles. The SMILES string of the molecule is O=C(Cc1ccccc1)NC(=S)Nc1cccc(NC(=O)COc2ccccc2)c1. The van der Waals surface area contributed by atoms with Crippen molar-refractivity contribution in [1.29, 1.82) is 0 Å². The standard InChI is InChI=1S/C23H21N3O3S/c27-21(14-17-8-3-1-4-9-17)26-23(30)25-19-11-7-10-18(15-19)24-22(28)16-29-20-12-5-2-6-13-20/h1-13,15H,14,16H2,(H,24,28)(H2,25,26,27,30). The first-order chi connectivity index (χ1) is 14.6. The lowest BCUT2D eigenvalue weighted by molar-refractivity contribution is -0.119. The van der Waals surface area contributed by atoms with Crippen molar-refractivity contribution in [3.8, 4) is 5.75 Å². The van der Waals surface area contributed by atoms with Crippen LogP contribution in [0.2, 0.25) is 0 Å². The Balaban J connectivity index is 1.47. The van der Waals surface area contributed by atoms with E-state index in [0.29, 0.717) is 17.1 Å². The van der Waals surface area contributed by atoms with Gasteiger partial charge in [0.1, 0.15) is 5.75 Å². The predicted octanol–water partition coefficient (Wildman–Crippen LogP) is 3.76. The summed E-state index contributed by atoms with van der Waals surface area (Å²) in [7, 11) is 0. The summed E-state index contributed by atoms with van der Waals surface area (Å²) in [6.45, 7) is -0.102. The highest BCUT2D eigenvalue weighted by molar-refractivity contribution is 7.80. The number of carbonyl (C=O) groups is 2. The summed E-state index contributed by atoms with van der Waals surface area (Å²) in [4.78, 5) is 24.2. The molecule has 7 heteroatoms. The van der Waals surface area contributed by atoms with Crippen LogP contribution in [0.1, 0.15) is 5.56 Å². The van der Waals surface area contributed by atoms with Crippen molar-refractivity contribution < 1.29 is 14.3 Å². The number of hydrogen-bond donors (Lipinski definition) is 3. The van der Waals surface area contributed by atoms with Gasteiger partial charge in [-0.2, -0.15) is 0 Å². The quantitative estimate of drug-likeness (QED) is 0.508. The van der Waals surface area contributed by atoms with Gasteiger partial charge in [0, 0.05) is 11.4 Å². The number of carbonyl (C=O) groups excluding carboxylic acids is 2. The molecule has 0 aliphatic carbocycles. The minimum atomic E-state index is -0.283. The fraction of sp³-hybridized carbons (Fsp3) is 0.0870. The van der Waals surface area contributed by atoms with E-state index in [1.807, 2.05) is 48.5 Å². The smallest absolute Gasteiger partial charge is 0.262 e. The Morgan fingerprint density at radius 3 is 2.10 bits per heavy atom. The van der Waals surface area contributed by atoms with Gasteiger partial charge in [-0.25, -0.2) is 0 Å². The van der Waals surface area contributed by atoms with Crippen LogP contribution < -0.4 is 20.7 Å². The van der Waals surface area contributed by atoms with E-state index in [4.69, 9.17) is 17.0 Å². The number of thiocarbonyl (C=S) groups is 1. The number of amides is 2. The number of anilines is 2. The maximum absolute atomic E-state index is 12.1. The molecule has 0 radical (unpaired) electrons. The van der Waals surface area contributed by atoms with Gasteiger partial charge in [-0.05, 0) is 48.1 Å². The van der Waals surface area contributed by atoms with E-state index in [2.05, 4.69) is 16.0 Å². The molecule has 0 bridgehead atoms. The van der Waals surface area contributed by atoms with Crippen molar-refractivity contribution in [2.24, 2.45) is 0 Å². The Hall–Kier alpha value is -3.71. The molecule has 0 aliphatic heterocycles. The van der Waals surface area contributed by atoms with Gasteiger partial charge < -0.3 is 20.7 Å². The van der Waals surface area contributed by atoms with Gasteiger partial charge in [0.2, 0.25) is 5.91 Å². The molecule has 0 aromatic heterocycles. The minimum absolute atomic E-state index is 0.102. The van der Waals surface area contributed by atoms with Gasteiger partial charge >= 0.3 is 0 Å². The second-order valence-corrected chi connectivity index (χ2v) is 6.80. The first-order valence-electron chi connectivity index (χ1n) is 9.31. The van der Waals surface area contributed by atoms with E-state index in [0.717, 1.165) is 5.56 Å². The average molecular weight is 420 g/mol. The minimum Gasteiger partial charge on any atom is -0.484 e. The first-order valence-corrected chi connectivity index (χ1v) is 9.72. The number of ether oxygens (including phenoxy) is 1. The molecule has 0 saturated heterocycles. The van der Waals surface area contributed by atoms with Gasteiger partial charge in [-0.1, -0.05) is 54.6 Å². The highest BCUT2D eigenvalue weighted by atomic mass is 32.1. The molecule has 0 heterocycles. The Kier molecular flexibility index (Phi) is 7.51. The van der Waals surface area contributed by atoms with Crippen molar-refractivity contribution in [3.63, 3.8) is 0 Å². The third kappa shape index (κ3) is 7.03. The molecule has 0 fully saturated rings. The highest BCUT2D eigenvalue weighted by Crippen LogP contribution is 2.15. The van der Waals surface area contributed by atoms with E-state index in [1.54, 1.807) is 36.4 Å². The van der Waals surface area contributed by atoms with Crippen LogP contribution in [0.15, 0.2) is 84.9 Å². The molecule has 152 valence electrons. The van der Waals surface area contributed by atoms with Gasteiger partial charge in [0.05, 0.1) is 6.42 Å². The molecule has 3 rings (SSSR count). The van der Waals surface area contributed by atoms with E-state index < -0.39 is 0 Å². The lowest BCUT2D eigenvalue weighted by Crippen LogP contribution is -2.35. The van der Waals surface area contributed by atoms with E-state index in [9.17, 15) is 9.59 Å². The topological polar surface area (TPSA) is 79.5 Å². The molecule has 3 aromatic rings. The lowest BCUT2D eigenvalue weighted by atomic mass is 10.1. The van der Waals surface area contributed by atoms with Crippen LogP contribution in [-0.2, 0) is 16.0 Å². The summed E-state index contributed by atoms with van der Waals surface area (Å²) >= 11 is 5.20. The van der Waals surface area contributed by atoms with Gasteiger partial charge in [0.15, 0.2) is 11.7 Å². The largest absolute Gasteiger partial charge is 0.484 e. The number of nitrogens with one attached hydrogen (secondary N) is 3. The van der Waals surface area contributed by atoms with E-state index in [-0.39, 0.29) is 30.0 Å². The molecule has 0 unspecified atom stereocenters. The fourth-order valence-corrected chi connectivity index (χ4v) is 2.88. The van der Waals surface area contributed by atoms with Crippen LogP contribution in [0, 0.1) is 0 Å². The Morgan fingerprint density at radius 2 is 1.40 bits per heavy atom. The van der Waals surface area contributed by atoms with Crippen molar-refractivity contribution in [2.75, 3.05) is 17.2 Å². The van der Waals surface area contributed by atoms with E-state index in [1.165, 1.54) is 0 Å². The summed E-state index contributed by atoms with van der Waals surface area (Å²) in [5, 5.41) is 8.55. The molecule has 2 amide bonds. The first kappa shape index (κ1) is 21.0. The van der Waals surface area contributed by atoms with Gasteiger partial charge in [0.25, 0.3) is 5.91 Å². The molecular formula is C23H21N3O3S. The molecule has 0 atom stereocenters. The van der Waals surface area contributed by atoms with Crippen LogP contribution >= 0.6 is 12.2 Å². The number of para-hydroxylation sites is 1. The van der Waals surface area contributed by atoms with Crippen LogP contribution in [0.25, 0.3) is 0 Å². The molecular weight excluding hydrogens is 398 g/mol. The highest BCUT2D eigenvalue weighted by Gasteiger charge is 2.08. The van der Waals surface area contributed by atoms with Gasteiger partial charge in [-0.15, -0.1) is 0 Å². The second-order valence-electron chi connectivity index (χ2n) is 6.40. The van der Waals surface area contributed by atoms with Gasteiger partial charge in [-0.3, -0.25) is 9.59 Å². The molecule has 0 spiro atoms. The molecule has 30 heavy (non-hydrogen) atoms. The van der Waals surface area contributed by atoms with Crippen molar-refractivity contribution in [1.82, 2.24) is 5.32 Å². The summed E-state index contributed by atoms with van der Waals surface area (Å²) in [6.07, 6.45) is 0.236. The Labute approximate surface area is 180 Å². The maximum Gasteiger partial charge on any atom is 0.262 e. The van der Waals surface area contributed by atoms with Crippen LogP contribution in [-0.4, -0.2) is 23.5 Å². The number of rotatable bonds is 7. The third-order valence-corrected chi connectivity index (χ3v) is 4.18. The van der Waals surface area contributed by atoms with Crippen molar-refractivity contribution in [2.45, 2.75) is 6.42 Å². The Bertz CT molecular complexity index is 1010. The molecule has 6 nitrogen and oxygen atoms in total. The molecule has 0 aliphatic rings. The zero-order valence-electron chi connectivity index (χ0n) is 16.1. The average Bonchev–Trinajstić information content (AvgIpc) is 2.74. The van der Waals surface area contributed by atoms with Crippen molar-refractivity contribution in [3.05, 3.63) is 90.5 Å². The summed E-state index contributed by atoms with van der Waals surface area (Å²) < 4.78 is 5.43.